The van der Waals surface area contributed by atoms with Crippen LogP contribution in [0.4, 0.5) is 5.69 Å². The van der Waals surface area contributed by atoms with E-state index in [-0.39, 0.29) is 17.3 Å². The molecule has 0 unspecified atom stereocenters. The Morgan fingerprint density at radius 2 is 1.68 bits per heavy atom. The molecule has 5 nitrogen and oxygen atoms in total. The minimum atomic E-state index is -3.91. The van der Waals surface area contributed by atoms with Crippen LogP contribution in [0.25, 0.3) is 0 Å². The third-order valence-electron chi connectivity index (χ3n) is 4.62. The van der Waals surface area contributed by atoms with E-state index in [1.807, 2.05) is 24.3 Å². The molecule has 3 rings (SSSR count). The molecule has 0 aliphatic heterocycles. The molecule has 0 fully saturated rings. The van der Waals surface area contributed by atoms with Gasteiger partial charge in [0.05, 0.1) is 10.6 Å². The summed E-state index contributed by atoms with van der Waals surface area (Å²) in [5.74, 6) is -0.376. The van der Waals surface area contributed by atoms with Crippen molar-refractivity contribution in [3.05, 3.63) is 93.9 Å². The second-order valence-electron chi connectivity index (χ2n) is 6.85. The fourth-order valence-electron chi connectivity index (χ4n) is 3.06. The highest BCUT2D eigenvalue weighted by Gasteiger charge is 2.27. The Labute approximate surface area is 196 Å². The van der Waals surface area contributed by atoms with Gasteiger partial charge in [-0.2, -0.15) is 0 Å². The number of benzene rings is 3. The summed E-state index contributed by atoms with van der Waals surface area (Å²) >= 11 is 9.53. The number of sulfonamides is 1. The molecule has 0 spiro atoms. The lowest BCUT2D eigenvalue weighted by molar-refractivity contribution is -0.119. The Morgan fingerprint density at radius 1 is 0.968 bits per heavy atom. The number of hydrogen-bond acceptors (Lipinski definition) is 3. The zero-order valence-corrected chi connectivity index (χ0v) is 19.8. The monoisotopic (exact) mass is 520 g/mol. The highest BCUT2D eigenvalue weighted by Crippen LogP contribution is 2.26. The standard InChI is InChI=1S/C23H22BrClN2O3S/c24-19-10-6-11-20(16-19)27(31(29,30)21-12-2-1-3-13-21)17-23(28)26-15-7-9-18-8-4-5-14-22(18)25/h1-6,8,10-14,16H,7,9,15,17H2,(H,26,28). The van der Waals surface area contributed by atoms with Gasteiger partial charge in [-0.1, -0.05) is 70.0 Å². The maximum atomic E-state index is 13.2. The fourth-order valence-corrected chi connectivity index (χ4v) is 5.11. The number of hydrogen-bond donors (Lipinski definition) is 1. The van der Waals surface area contributed by atoms with Gasteiger partial charge in [-0.15, -0.1) is 0 Å². The smallest absolute Gasteiger partial charge is 0.264 e. The van der Waals surface area contributed by atoms with Gasteiger partial charge in [-0.25, -0.2) is 8.42 Å². The first-order chi connectivity index (χ1) is 14.9. The third-order valence-corrected chi connectivity index (χ3v) is 7.27. The van der Waals surface area contributed by atoms with E-state index < -0.39 is 10.0 Å². The normalized spacial score (nSPS) is 11.2. The van der Waals surface area contributed by atoms with Crippen molar-refractivity contribution in [1.29, 1.82) is 0 Å². The third kappa shape index (κ3) is 6.32. The molecule has 3 aromatic carbocycles. The zero-order chi connectivity index (χ0) is 22.3. The summed E-state index contributed by atoms with van der Waals surface area (Å²) in [5, 5.41) is 3.51. The molecule has 1 N–H and O–H groups in total. The van der Waals surface area contributed by atoms with Crippen molar-refractivity contribution in [3.8, 4) is 0 Å². The van der Waals surface area contributed by atoms with E-state index in [0.717, 1.165) is 20.8 Å². The molecule has 0 saturated heterocycles. The lowest BCUT2D eigenvalue weighted by Crippen LogP contribution is -2.41. The molecule has 0 saturated carbocycles. The van der Waals surface area contributed by atoms with Gasteiger partial charge in [0.25, 0.3) is 10.0 Å². The van der Waals surface area contributed by atoms with Crippen molar-refractivity contribution in [2.75, 3.05) is 17.4 Å². The molecule has 0 heterocycles. The van der Waals surface area contributed by atoms with Crippen molar-refractivity contribution < 1.29 is 13.2 Å². The number of nitrogens with one attached hydrogen (secondary N) is 1. The lowest BCUT2D eigenvalue weighted by atomic mass is 10.1. The molecule has 162 valence electrons. The van der Waals surface area contributed by atoms with Crippen LogP contribution in [0, 0.1) is 0 Å². The molecular formula is C23H22BrClN2O3S. The second kappa shape index (κ2) is 10.8. The lowest BCUT2D eigenvalue weighted by Gasteiger charge is -2.24. The number of halogens is 2. The average molecular weight is 522 g/mol. The van der Waals surface area contributed by atoms with Crippen LogP contribution in [0.3, 0.4) is 0 Å². The molecule has 0 aliphatic carbocycles. The number of nitrogens with zero attached hydrogens (tertiary/aromatic N) is 1. The fraction of sp³-hybridized carbons (Fsp3) is 0.174. The Bertz CT molecular complexity index is 1140. The topological polar surface area (TPSA) is 66.5 Å². The van der Waals surface area contributed by atoms with Gasteiger partial charge in [0.15, 0.2) is 0 Å². The van der Waals surface area contributed by atoms with E-state index in [1.54, 1.807) is 42.5 Å². The highest BCUT2D eigenvalue weighted by atomic mass is 79.9. The Balaban J connectivity index is 1.70. The van der Waals surface area contributed by atoms with Gasteiger partial charge in [-0.05, 0) is 54.8 Å². The minimum absolute atomic E-state index is 0.126. The number of rotatable bonds is 9. The van der Waals surface area contributed by atoms with Crippen LogP contribution in [0.15, 0.2) is 88.2 Å². The zero-order valence-electron chi connectivity index (χ0n) is 16.7. The molecule has 3 aromatic rings. The van der Waals surface area contributed by atoms with Crippen LogP contribution in [0.1, 0.15) is 12.0 Å². The number of carbonyl (C=O) groups is 1. The second-order valence-corrected chi connectivity index (χ2v) is 10.0. The maximum Gasteiger partial charge on any atom is 0.264 e. The van der Waals surface area contributed by atoms with Gasteiger partial charge in [-0.3, -0.25) is 9.10 Å². The summed E-state index contributed by atoms with van der Waals surface area (Å²) in [6.07, 6.45) is 1.41. The van der Waals surface area contributed by atoms with E-state index in [1.165, 1.54) is 12.1 Å². The van der Waals surface area contributed by atoms with Crippen LogP contribution >= 0.6 is 27.5 Å². The quantitative estimate of drug-likeness (QED) is 0.401. The molecule has 8 heteroatoms. The maximum absolute atomic E-state index is 13.2. The van der Waals surface area contributed by atoms with Crippen LogP contribution in [0.5, 0.6) is 0 Å². The SMILES string of the molecule is O=C(CN(c1cccc(Br)c1)S(=O)(=O)c1ccccc1)NCCCc1ccccc1Cl. The summed E-state index contributed by atoms with van der Waals surface area (Å²) in [7, 11) is -3.91. The van der Waals surface area contributed by atoms with Gasteiger partial charge in [0.2, 0.25) is 5.91 Å². The number of anilines is 1. The van der Waals surface area contributed by atoms with E-state index >= 15 is 0 Å². The van der Waals surface area contributed by atoms with E-state index in [2.05, 4.69) is 21.2 Å². The van der Waals surface area contributed by atoms with Crippen molar-refractivity contribution in [3.63, 3.8) is 0 Å². The first kappa shape index (κ1) is 23.3. The molecule has 0 aromatic heterocycles. The van der Waals surface area contributed by atoms with Crippen molar-refractivity contribution in [2.45, 2.75) is 17.7 Å². The first-order valence-electron chi connectivity index (χ1n) is 9.71. The molecule has 0 atom stereocenters. The van der Waals surface area contributed by atoms with Crippen molar-refractivity contribution in [2.24, 2.45) is 0 Å². The van der Waals surface area contributed by atoms with Gasteiger partial charge in [0, 0.05) is 16.0 Å². The van der Waals surface area contributed by atoms with E-state index in [9.17, 15) is 13.2 Å². The molecule has 0 radical (unpaired) electrons. The average Bonchev–Trinajstić information content (AvgIpc) is 2.76. The summed E-state index contributed by atoms with van der Waals surface area (Å²) in [5.41, 5.74) is 1.42. The number of carbonyl (C=O) groups excluding carboxylic acids is 1. The van der Waals surface area contributed by atoms with Crippen molar-refractivity contribution in [1.82, 2.24) is 5.32 Å². The van der Waals surface area contributed by atoms with Crippen LogP contribution < -0.4 is 9.62 Å². The van der Waals surface area contributed by atoms with Crippen molar-refractivity contribution >= 4 is 49.1 Å². The van der Waals surface area contributed by atoms with Gasteiger partial charge in [0.1, 0.15) is 6.54 Å². The van der Waals surface area contributed by atoms with Gasteiger partial charge < -0.3 is 5.32 Å². The van der Waals surface area contributed by atoms with Crippen LogP contribution in [-0.4, -0.2) is 27.4 Å². The minimum Gasteiger partial charge on any atom is -0.355 e. The first-order valence-corrected chi connectivity index (χ1v) is 12.3. The van der Waals surface area contributed by atoms with Crippen LogP contribution in [-0.2, 0) is 21.2 Å². The largest absolute Gasteiger partial charge is 0.355 e. The molecule has 1 amide bonds. The summed E-state index contributed by atoms with van der Waals surface area (Å²) in [6.45, 7) is 0.0987. The molecule has 31 heavy (non-hydrogen) atoms. The number of amides is 1. The number of aryl methyl sites for hydroxylation is 1. The Morgan fingerprint density at radius 3 is 2.39 bits per heavy atom. The Hall–Kier alpha value is -2.35. The summed E-state index contributed by atoms with van der Waals surface area (Å²) in [6, 6.07) is 22.5. The van der Waals surface area contributed by atoms with Gasteiger partial charge >= 0.3 is 0 Å². The highest BCUT2D eigenvalue weighted by molar-refractivity contribution is 9.10. The Kier molecular flexibility index (Phi) is 8.12. The summed E-state index contributed by atoms with van der Waals surface area (Å²) < 4.78 is 28.3. The molecule has 0 aliphatic rings. The predicted octanol–water partition coefficient (Wildman–Crippen LogP) is 5.05. The van der Waals surface area contributed by atoms with E-state index in [4.69, 9.17) is 11.6 Å². The molecular weight excluding hydrogens is 500 g/mol. The molecule has 0 bridgehead atoms. The predicted molar refractivity (Wildman–Crippen MR) is 128 cm³/mol. The van der Waals surface area contributed by atoms with E-state index in [0.29, 0.717) is 23.7 Å². The van der Waals surface area contributed by atoms with Crippen LogP contribution in [0.2, 0.25) is 5.02 Å². The summed E-state index contributed by atoms with van der Waals surface area (Å²) in [4.78, 5) is 12.7.